The molecular weight excluding hydrogens is 352 g/mol. The summed E-state index contributed by atoms with van der Waals surface area (Å²) in [7, 11) is 1.85. The first kappa shape index (κ1) is 18.1. The number of nitrogens with zero attached hydrogens (tertiary/aromatic N) is 4. The normalized spacial score (nSPS) is 10.7. The Balaban J connectivity index is 1.69. The van der Waals surface area contributed by atoms with E-state index in [-0.39, 0.29) is 13.1 Å². The minimum atomic E-state index is -1.15. The molecule has 10 heteroatoms. The van der Waals surface area contributed by atoms with Gasteiger partial charge in [-0.1, -0.05) is 12.1 Å². The minimum absolute atomic E-state index is 0.0649. The third kappa shape index (κ3) is 4.11. The minimum Gasteiger partial charge on any atom is -0.480 e. The fraction of sp³-hybridized carbons (Fsp3) is 0.235. The molecule has 0 unspecified atom stereocenters. The van der Waals surface area contributed by atoms with E-state index >= 15 is 0 Å². The number of rotatable bonds is 7. The standard InChI is InChI=1S/C17H18N6O4/c1-22-13(5-6-20-22)11-3-2-4-14-12(11)7-21-23(14)10-16(25)18-8-15(24)19-9-17(26)27/h2-7H,8-10H2,1H3,(H,18,25)(H,19,24)(H,26,27). The third-order valence-corrected chi connectivity index (χ3v) is 3.96. The van der Waals surface area contributed by atoms with Crippen LogP contribution in [-0.4, -0.2) is 55.5 Å². The van der Waals surface area contributed by atoms with Crippen molar-refractivity contribution in [3.05, 3.63) is 36.7 Å². The number of benzene rings is 1. The molecule has 0 fully saturated rings. The molecule has 0 saturated heterocycles. The molecule has 0 aliphatic rings. The molecule has 3 aromatic rings. The SMILES string of the molecule is Cn1nccc1-c1cccc2c1cnn2CC(=O)NCC(=O)NCC(=O)O. The number of hydrogen-bond acceptors (Lipinski definition) is 5. The number of amides is 2. The average molecular weight is 370 g/mol. The van der Waals surface area contributed by atoms with E-state index in [0.717, 1.165) is 22.2 Å². The molecular formula is C17H18N6O4. The molecule has 0 saturated carbocycles. The number of carboxylic acids is 1. The predicted molar refractivity (Wildman–Crippen MR) is 95.6 cm³/mol. The highest BCUT2D eigenvalue weighted by atomic mass is 16.4. The highest BCUT2D eigenvalue weighted by Gasteiger charge is 2.13. The van der Waals surface area contributed by atoms with Gasteiger partial charge in [0.2, 0.25) is 11.8 Å². The summed E-state index contributed by atoms with van der Waals surface area (Å²) in [5, 5.41) is 22.4. The molecule has 0 radical (unpaired) electrons. The number of carbonyl (C=O) groups excluding carboxylic acids is 2. The molecule has 140 valence electrons. The summed E-state index contributed by atoms with van der Waals surface area (Å²) in [5.74, 6) is -2.13. The first-order chi connectivity index (χ1) is 13.0. The van der Waals surface area contributed by atoms with Gasteiger partial charge >= 0.3 is 5.97 Å². The Labute approximate surface area is 153 Å². The maximum Gasteiger partial charge on any atom is 0.322 e. The molecule has 0 spiro atoms. The van der Waals surface area contributed by atoms with Crippen LogP contribution in [0.25, 0.3) is 22.2 Å². The topological polar surface area (TPSA) is 131 Å². The molecule has 0 bridgehead atoms. The molecule has 2 aromatic heterocycles. The predicted octanol–water partition coefficient (Wildman–Crippen LogP) is -0.246. The Hall–Kier alpha value is -3.69. The Morgan fingerprint density at radius 2 is 1.85 bits per heavy atom. The highest BCUT2D eigenvalue weighted by molar-refractivity contribution is 5.94. The van der Waals surface area contributed by atoms with Gasteiger partial charge in [0.25, 0.3) is 0 Å². The third-order valence-electron chi connectivity index (χ3n) is 3.96. The molecule has 1 aromatic carbocycles. The summed E-state index contributed by atoms with van der Waals surface area (Å²) >= 11 is 0. The van der Waals surface area contributed by atoms with Crippen LogP contribution in [-0.2, 0) is 28.0 Å². The largest absolute Gasteiger partial charge is 0.480 e. The second-order valence-electron chi connectivity index (χ2n) is 5.83. The number of carboxylic acid groups (broad SMARTS) is 1. The summed E-state index contributed by atoms with van der Waals surface area (Å²) in [5.41, 5.74) is 2.66. The van der Waals surface area contributed by atoms with Crippen molar-refractivity contribution in [2.24, 2.45) is 7.05 Å². The molecule has 0 atom stereocenters. The van der Waals surface area contributed by atoms with Crippen LogP contribution in [0.4, 0.5) is 0 Å². The van der Waals surface area contributed by atoms with E-state index in [1.807, 2.05) is 31.3 Å². The van der Waals surface area contributed by atoms with E-state index in [1.54, 1.807) is 21.8 Å². The first-order valence-corrected chi connectivity index (χ1v) is 8.14. The lowest BCUT2D eigenvalue weighted by atomic mass is 10.1. The highest BCUT2D eigenvalue weighted by Crippen LogP contribution is 2.27. The van der Waals surface area contributed by atoms with Crippen LogP contribution in [0.15, 0.2) is 36.7 Å². The Bertz CT molecular complexity index is 1010. The molecule has 10 nitrogen and oxygen atoms in total. The van der Waals surface area contributed by atoms with Crippen molar-refractivity contribution in [1.29, 1.82) is 0 Å². The van der Waals surface area contributed by atoms with Gasteiger partial charge in [-0.3, -0.25) is 23.7 Å². The van der Waals surface area contributed by atoms with Gasteiger partial charge in [0.15, 0.2) is 0 Å². The average Bonchev–Trinajstić information content (AvgIpc) is 3.24. The van der Waals surface area contributed by atoms with E-state index in [9.17, 15) is 14.4 Å². The lowest BCUT2D eigenvalue weighted by molar-refractivity contribution is -0.137. The number of aliphatic carboxylic acids is 1. The van der Waals surface area contributed by atoms with E-state index in [2.05, 4.69) is 20.8 Å². The van der Waals surface area contributed by atoms with Crippen LogP contribution >= 0.6 is 0 Å². The molecule has 2 amide bonds. The molecule has 3 N–H and O–H groups in total. The molecule has 3 rings (SSSR count). The van der Waals surface area contributed by atoms with Gasteiger partial charge in [-0.15, -0.1) is 0 Å². The fourth-order valence-electron chi connectivity index (χ4n) is 2.70. The van der Waals surface area contributed by atoms with E-state index in [4.69, 9.17) is 5.11 Å². The molecule has 0 aliphatic heterocycles. The smallest absolute Gasteiger partial charge is 0.322 e. The van der Waals surface area contributed by atoms with E-state index in [1.165, 1.54) is 0 Å². The summed E-state index contributed by atoms with van der Waals surface area (Å²) < 4.78 is 3.30. The lowest BCUT2D eigenvalue weighted by Crippen LogP contribution is -2.40. The van der Waals surface area contributed by atoms with Crippen molar-refractivity contribution in [2.45, 2.75) is 6.54 Å². The van der Waals surface area contributed by atoms with Crippen LogP contribution in [0.3, 0.4) is 0 Å². The van der Waals surface area contributed by atoms with Crippen LogP contribution in [0, 0.1) is 0 Å². The van der Waals surface area contributed by atoms with Gasteiger partial charge in [0.05, 0.1) is 24.0 Å². The molecule has 27 heavy (non-hydrogen) atoms. The number of aromatic nitrogens is 4. The van der Waals surface area contributed by atoms with Crippen LogP contribution in [0.1, 0.15) is 0 Å². The van der Waals surface area contributed by atoms with Gasteiger partial charge in [0.1, 0.15) is 13.1 Å². The maximum atomic E-state index is 12.1. The monoisotopic (exact) mass is 370 g/mol. The summed E-state index contributed by atoms with van der Waals surface area (Å²) in [6.45, 7) is -0.856. The molecule has 2 heterocycles. The Morgan fingerprint density at radius 1 is 1.07 bits per heavy atom. The quantitative estimate of drug-likeness (QED) is 0.526. The summed E-state index contributed by atoms with van der Waals surface area (Å²) in [6, 6.07) is 7.59. The first-order valence-electron chi connectivity index (χ1n) is 8.14. The number of aryl methyl sites for hydroxylation is 1. The maximum absolute atomic E-state index is 12.1. The number of nitrogens with one attached hydrogen (secondary N) is 2. The fourth-order valence-corrected chi connectivity index (χ4v) is 2.70. The van der Waals surface area contributed by atoms with Gasteiger partial charge in [0, 0.05) is 24.2 Å². The van der Waals surface area contributed by atoms with E-state index in [0.29, 0.717) is 0 Å². The zero-order valence-electron chi connectivity index (χ0n) is 14.5. The van der Waals surface area contributed by atoms with Crippen molar-refractivity contribution in [3.63, 3.8) is 0 Å². The van der Waals surface area contributed by atoms with Gasteiger partial charge in [-0.2, -0.15) is 10.2 Å². The van der Waals surface area contributed by atoms with Crippen molar-refractivity contribution >= 4 is 28.7 Å². The number of fused-ring (bicyclic) bond motifs is 1. The van der Waals surface area contributed by atoms with Crippen molar-refractivity contribution < 1.29 is 19.5 Å². The van der Waals surface area contributed by atoms with Gasteiger partial charge in [-0.25, -0.2) is 0 Å². The van der Waals surface area contributed by atoms with Crippen molar-refractivity contribution in [3.8, 4) is 11.3 Å². The van der Waals surface area contributed by atoms with Crippen molar-refractivity contribution in [2.75, 3.05) is 13.1 Å². The van der Waals surface area contributed by atoms with Crippen LogP contribution in [0.2, 0.25) is 0 Å². The number of carbonyl (C=O) groups is 3. The lowest BCUT2D eigenvalue weighted by Gasteiger charge is -2.07. The van der Waals surface area contributed by atoms with Gasteiger partial charge < -0.3 is 15.7 Å². The summed E-state index contributed by atoms with van der Waals surface area (Å²) in [4.78, 5) is 33.9. The summed E-state index contributed by atoms with van der Waals surface area (Å²) in [6.07, 6.45) is 3.39. The van der Waals surface area contributed by atoms with Crippen LogP contribution < -0.4 is 10.6 Å². The van der Waals surface area contributed by atoms with Crippen molar-refractivity contribution in [1.82, 2.24) is 30.2 Å². The van der Waals surface area contributed by atoms with E-state index < -0.39 is 24.3 Å². The Morgan fingerprint density at radius 3 is 2.56 bits per heavy atom. The zero-order chi connectivity index (χ0) is 19.4. The van der Waals surface area contributed by atoms with Crippen LogP contribution in [0.5, 0.6) is 0 Å². The second kappa shape index (κ2) is 7.68. The Kier molecular flexibility index (Phi) is 5.15. The molecule has 0 aliphatic carbocycles. The van der Waals surface area contributed by atoms with Gasteiger partial charge in [-0.05, 0) is 12.1 Å². The zero-order valence-corrected chi connectivity index (χ0v) is 14.5. The second-order valence-corrected chi connectivity index (χ2v) is 5.83. The number of hydrogen-bond donors (Lipinski definition) is 3.